The number of hydrogen-bond acceptors (Lipinski definition) is 3. The van der Waals surface area contributed by atoms with Gasteiger partial charge in [0.25, 0.3) is 5.91 Å². The number of carbonyl (C=O) groups excluding carboxylic acids is 1. The van der Waals surface area contributed by atoms with Gasteiger partial charge in [-0.3, -0.25) is 4.79 Å². The van der Waals surface area contributed by atoms with Gasteiger partial charge in [0, 0.05) is 17.3 Å². The van der Waals surface area contributed by atoms with Crippen LogP contribution in [0.4, 0.5) is 10.1 Å². The zero-order valence-corrected chi connectivity index (χ0v) is 20.0. The van der Waals surface area contributed by atoms with Crippen molar-refractivity contribution in [2.45, 2.75) is 44.6 Å². The Morgan fingerprint density at radius 2 is 1.61 bits per heavy atom. The van der Waals surface area contributed by atoms with Gasteiger partial charge in [0.05, 0.1) is 4.90 Å². The molecule has 174 valence electrons. The lowest BCUT2D eigenvalue weighted by Crippen LogP contribution is -2.38. The summed E-state index contributed by atoms with van der Waals surface area (Å²) < 4.78 is 42.3. The fourth-order valence-electron chi connectivity index (χ4n) is 3.64. The SMILES string of the molecule is Cc1cc(NC(=O)c2cccc(S(=O)(=O)NC(C)[C@@H](C)C(C)c3ccccc3)c2)ccc1F. The van der Waals surface area contributed by atoms with Crippen LogP contribution in [-0.2, 0) is 10.0 Å². The molecule has 3 aromatic carbocycles. The highest BCUT2D eigenvalue weighted by atomic mass is 32.2. The zero-order valence-electron chi connectivity index (χ0n) is 19.2. The van der Waals surface area contributed by atoms with E-state index in [-0.39, 0.29) is 34.2 Å². The highest BCUT2D eigenvalue weighted by Gasteiger charge is 2.26. The van der Waals surface area contributed by atoms with Gasteiger partial charge in [-0.05, 0) is 73.2 Å². The van der Waals surface area contributed by atoms with E-state index in [0.29, 0.717) is 11.3 Å². The Bertz CT molecular complexity index is 1230. The number of sulfonamides is 1. The maximum atomic E-state index is 13.5. The Morgan fingerprint density at radius 1 is 0.909 bits per heavy atom. The van der Waals surface area contributed by atoms with Crippen LogP contribution in [0.25, 0.3) is 0 Å². The van der Waals surface area contributed by atoms with Crippen molar-refractivity contribution < 1.29 is 17.6 Å². The van der Waals surface area contributed by atoms with Gasteiger partial charge in [0.1, 0.15) is 5.82 Å². The van der Waals surface area contributed by atoms with E-state index in [4.69, 9.17) is 0 Å². The smallest absolute Gasteiger partial charge is 0.255 e. The Hall–Kier alpha value is -3.03. The predicted octanol–water partition coefficient (Wildman–Crippen LogP) is 5.49. The highest BCUT2D eigenvalue weighted by molar-refractivity contribution is 7.89. The summed E-state index contributed by atoms with van der Waals surface area (Å²) in [5.74, 6) is -0.648. The molecule has 0 aliphatic heterocycles. The van der Waals surface area contributed by atoms with Crippen molar-refractivity contribution in [3.8, 4) is 0 Å². The largest absolute Gasteiger partial charge is 0.322 e. The van der Waals surface area contributed by atoms with E-state index >= 15 is 0 Å². The molecule has 0 fully saturated rings. The summed E-state index contributed by atoms with van der Waals surface area (Å²) in [4.78, 5) is 12.7. The maximum absolute atomic E-state index is 13.5. The second-order valence-corrected chi connectivity index (χ2v) is 10.1. The van der Waals surface area contributed by atoms with Crippen LogP contribution < -0.4 is 10.0 Å². The number of carbonyl (C=O) groups is 1. The lowest BCUT2D eigenvalue weighted by Gasteiger charge is -2.27. The number of rotatable bonds is 8. The first-order valence-electron chi connectivity index (χ1n) is 10.8. The van der Waals surface area contributed by atoms with E-state index in [9.17, 15) is 17.6 Å². The number of amides is 1. The number of aryl methyl sites for hydroxylation is 1. The van der Waals surface area contributed by atoms with E-state index in [1.165, 1.54) is 42.5 Å². The average Bonchev–Trinajstić information content (AvgIpc) is 2.80. The van der Waals surface area contributed by atoms with Crippen LogP contribution in [0.15, 0.2) is 77.7 Å². The molecule has 7 heteroatoms. The molecule has 0 aromatic heterocycles. The summed E-state index contributed by atoms with van der Waals surface area (Å²) in [5, 5.41) is 2.68. The maximum Gasteiger partial charge on any atom is 0.255 e. The van der Waals surface area contributed by atoms with Crippen molar-refractivity contribution >= 4 is 21.6 Å². The van der Waals surface area contributed by atoms with Gasteiger partial charge in [-0.25, -0.2) is 17.5 Å². The third kappa shape index (κ3) is 6.06. The summed E-state index contributed by atoms with van der Waals surface area (Å²) >= 11 is 0. The van der Waals surface area contributed by atoms with Crippen molar-refractivity contribution in [2.24, 2.45) is 5.92 Å². The minimum atomic E-state index is -3.84. The van der Waals surface area contributed by atoms with E-state index in [0.717, 1.165) is 5.56 Å². The average molecular weight is 469 g/mol. The fraction of sp³-hybridized carbons (Fsp3) is 0.269. The fourth-order valence-corrected chi connectivity index (χ4v) is 5.02. The van der Waals surface area contributed by atoms with Crippen molar-refractivity contribution in [1.29, 1.82) is 0 Å². The lowest BCUT2D eigenvalue weighted by molar-refractivity contribution is 0.102. The molecule has 3 aromatic rings. The Morgan fingerprint density at radius 3 is 2.27 bits per heavy atom. The third-order valence-electron chi connectivity index (χ3n) is 6.07. The molecule has 0 radical (unpaired) electrons. The molecule has 33 heavy (non-hydrogen) atoms. The van der Waals surface area contributed by atoms with Crippen LogP contribution in [0.2, 0.25) is 0 Å². The minimum absolute atomic E-state index is 0.0110. The monoisotopic (exact) mass is 468 g/mol. The number of hydrogen-bond donors (Lipinski definition) is 2. The molecule has 0 saturated carbocycles. The molecule has 0 spiro atoms. The zero-order chi connectivity index (χ0) is 24.2. The second kappa shape index (κ2) is 10.3. The Kier molecular flexibility index (Phi) is 7.66. The summed E-state index contributed by atoms with van der Waals surface area (Å²) in [7, 11) is -3.84. The van der Waals surface area contributed by atoms with Crippen molar-refractivity contribution in [3.05, 3.63) is 95.3 Å². The highest BCUT2D eigenvalue weighted by Crippen LogP contribution is 2.27. The van der Waals surface area contributed by atoms with Crippen LogP contribution in [0.5, 0.6) is 0 Å². The van der Waals surface area contributed by atoms with E-state index in [1.807, 2.05) is 44.2 Å². The van der Waals surface area contributed by atoms with Crippen LogP contribution in [0, 0.1) is 18.7 Å². The van der Waals surface area contributed by atoms with Gasteiger partial charge in [-0.15, -0.1) is 0 Å². The Balaban J connectivity index is 1.73. The Labute approximate surface area is 195 Å². The molecule has 2 unspecified atom stereocenters. The van der Waals surface area contributed by atoms with Gasteiger partial charge >= 0.3 is 0 Å². The third-order valence-corrected chi connectivity index (χ3v) is 7.62. The van der Waals surface area contributed by atoms with Gasteiger partial charge in [0.2, 0.25) is 10.0 Å². The summed E-state index contributed by atoms with van der Waals surface area (Å²) in [6.07, 6.45) is 0. The second-order valence-electron chi connectivity index (χ2n) is 8.41. The molecular weight excluding hydrogens is 439 g/mol. The minimum Gasteiger partial charge on any atom is -0.322 e. The first-order valence-corrected chi connectivity index (χ1v) is 12.3. The van der Waals surface area contributed by atoms with E-state index in [2.05, 4.69) is 17.0 Å². The molecule has 0 heterocycles. The van der Waals surface area contributed by atoms with Crippen LogP contribution in [-0.4, -0.2) is 20.4 Å². The standard InChI is InChI=1S/C26H29FN2O3S/c1-17-15-23(13-14-25(17)27)28-26(30)22-11-8-12-24(16-22)33(31,32)29-20(4)18(2)19(3)21-9-6-5-7-10-21/h5-16,18-20,29H,1-4H3,(H,28,30)/t18-,19?,20?/m0/s1. The first-order chi connectivity index (χ1) is 15.6. The topological polar surface area (TPSA) is 75.3 Å². The summed E-state index contributed by atoms with van der Waals surface area (Å²) in [5.41, 5.74) is 2.17. The van der Waals surface area contributed by atoms with Gasteiger partial charge in [0.15, 0.2) is 0 Å². The molecule has 3 atom stereocenters. The summed E-state index contributed by atoms with van der Waals surface area (Å²) in [6.45, 7) is 7.53. The molecule has 2 N–H and O–H groups in total. The number of halogens is 1. The number of nitrogens with one attached hydrogen (secondary N) is 2. The molecule has 0 aliphatic rings. The van der Waals surface area contributed by atoms with E-state index < -0.39 is 15.9 Å². The van der Waals surface area contributed by atoms with E-state index in [1.54, 1.807) is 6.92 Å². The molecule has 5 nitrogen and oxygen atoms in total. The number of anilines is 1. The normalized spacial score (nSPS) is 14.3. The van der Waals surface area contributed by atoms with Gasteiger partial charge < -0.3 is 5.32 Å². The van der Waals surface area contributed by atoms with Gasteiger partial charge in [-0.1, -0.05) is 50.2 Å². The number of benzene rings is 3. The van der Waals surface area contributed by atoms with Crippen LogP contribution >= 0.6 is 0 Å². The van der Waals surface area contributed by atoms with Crippen LogP contribution in [0.3, 0.4) is 0 Å². The molecule has 0 bridgehead atoms. The van der Waals surface area contributed by atoms with Crippen molar-refractivity contribution in [2.75, 3.05) is 5.32 Å². The van der Waals surface area contributed by atoms with Crippen LogP contribution in [0.1, 0.15) is 48.2 Å². The first kappa shape index (κ1) is 24.6. The predicted molar refractivity (Wildman–Crippen MR) is 129 cm³/mol. The molecule has 0 aliphatic carbocycles. The molecule has 3 rings (SSSR count). The molecular formula is C26H29FN2O3S. The molecule has 0 saturated heterocycles. The molecule has 1 amide bonds. The lowest BCUT2D eigenvalue weighted by atomic mass is 9.85. The van der Waals surface area contributed by atoms with Crippen molar-refractivity contribution in [3.63, 3.8) is 0 Å². The quantitative estimate of drug-likeness (QED) is 0.459. The summed E-state index contributed by atoms with van der Waals surface area (Å²) in [6, 6.07) is 19.7. The van der Waals surface area contributed by atoms with Gasteiger partial charge in [-0.2, -0.15) is 0 Å². The van der Waals surface area contributed by atoms with Crippen molar-refractivity contribution in [1.82, 2.24) is 4.72 Å².